The van der Waals surface area contributed by atoms with Gasteiger partial charge in [0.25, 0.3) is 5.91 Å². The average molecular weight is 129 g/mol. The third kappa shape index (κ3) is 1.33. The van der Waals surface area contributed by atoms with Crippen molar-refractivity contribution < 1.29 is 9.90 Å². The summed E-state index contributed by atoms with van der Waals surface area (Å²) in [5.41, 5.74) is 4.78. The Bertz CT molecular complexity index is 165. The highest BCUT2D eigenvalue weighted by Gasteiger charge is 2.09. The predicted octanol–water partition coefficient (Wildman–Crippen LogP) is -1.13. The molecule has 0 aromatic carbocycles. The first-order chi connectivity index (χ1) is 4.18. The first-order valence-corrected chi connectivity index (χ1v) is 2.40. The van der Waals surface area contributed by atoms with Crippen LogP contribution in [0.2, 0.25) is 0 Å². The van der Waals surface area contributed by atoms with Gasteiger partial charge in [-0.1, -0.05) is 0 Å². The molecule has 50 valence electrons. The van der Waals surface area contributed by atoms with Gasteiger partial charge in [-0.25, -0.2) is 0 Å². The van der Waals surface area contributed by atoms with Gasteiger partial charge in [0.05, 0.1) is 6.08 Å². The van der Waals surface area contributed by atoms with E-state index in [2.05, 4.69) is 10.9 Å². The number of nitrogens with one attached hydrogen (secondary N) is 2. The molecule has 0 radical (unpaired) electrons. The highest BCUT2D eigenvalue weighted by atomic mass is 16.3. The number of nitrogens with zero attached hydrogens (tertiary/aromatic N) is 1. The van der Waals surface area contributed by atoms with Gasteiger partial charge in [0, 0.05) is 7.05 Å². The normalized spacial score (nSPS) is 20.1. The second kappa shape index (κ2) is 1.94. The van der Waals surface area contributed by atoms with Gasteiger partial charge < -0.3 is 5.11 Å². The van der Waals surface area contributed by atoms with Crippen LogP contribution in [0.25, 0.3) is 0 Å². The summed E-state index contributed by atoms with van der Waals surface area (Å²) in [5.74, 6) is -0.491. The molecule has 1 rings (SSSR count). The van der Waals surface area contributed by atoms with E-state index in [1.165, 1.54) is 5.12 Å². The minimum absolute atomic E-state index is 0.152. The zero-order valence-corrected chi connectivity index (χ0v) is 4.88. The summed E-state index contributed by atoms with van der Waals surface area (Å²) in [6, 6.07) is 0. The quantitative estimate of drug-likeness (QED) is 0.387. The highest BCUT2D eigenvalue weighted by Crippen LogP contribution is 1.88. The van der Waals surface area contributed by atoms with Crippen LogP contribution >= 0.6 is 0 Å². The van der Waals surface area contributed by atoms with E-state index in [0.717, 1.165) is 6.08 Å². The molecule has 0 saturated carbocycles. The Morgan fingerprint density at radius 1 is 1.67 bits per heavy atom. The maximum Gasteiger partial charge on any atom is 0.265 e. The number of aliphatic hydroxyl groups is 1. The monoisotopic (exact) mass is 129 g/mol. The van der Waals surface area contributed by atoms with Crippen molar-refractivity contribution in [2.24, 2.45) is 0 Å². The highest BCUT2D eigenvalue weighted by molar-refractivity contribution is 5.87. The molecule has 0 aliphatic carbocycles. The molecule has 0 fully saturated rings. The number of rotatable bonds is 0. The van der Waals surface area contributed by atoms with Crippen molar-refractivity contribution in [3.63, 3.8) is 0 Å². The lowest BCUT2D eigenvalue weighted by Gasteiger charge is -2.21. The fraction of sp³-hybridized carbons (Fsp3) is 0.250. The van der Waals surface area contributed by atoms with Crippen molar-refractivity contribution in [3.05, 3.63) is 12.0 Å². The topological polar surface area (TPSA) is 64.6 Å². The van der Waals surface area contributed by atoms with Crippen LogP contribution in [0.1, 0.15) is 0 Å². The van der Waals surface area contributed by atoms with Gasteiger partial charge in [-0.2, -0.15) is 0 Å². The average Bonchev–Trinajstić information content (AvgIpc) is 1.59. The van der Waals surface area contributed by atoms with Crippen LogP contribution < -0.4 is 10.9 Å². The molecule has 3 N–H and O–H groups in total. The molecule has 1 aliphatic heterocycles. The second-order valence-corrected chi connectivity index (χ2v) is 1.68. The van der Waals surface area contributed by atoms with E-state index in [4.69, 9.17) is 5.11 Å². The second-order valence-electron chi connectivity index (χ2n) is 1.68. The Balaban J connectivity index is 2.67. The summed E-state index contributed by atoms with van der Waals surface area (Å²) < 4.78 is 0. The van der Waals surface area contributed by atoms with Crippen molar-refractivity contribution in [3.8, 4) is 0 Å². The zero-order valence-electron chi connectivity index (χ0n) is 4.88. The number of carbonyl (C=O) groups is 1. The van der Waals surface area contributed by atoms with Crippen LogP contribution in [-0.2, 0) is 4.79 Å². The molecule has 1 amide bonds. The number of carbonyl (C=O) groups excluding carboxylic acids is 1. The van der Waals surface area contributed by atoms with Crippen LogP contribution in [0, 0.1) is 0 Å². The number of amides is 1. The molecular formula is C4H7N3O2. The van der Waals surface area contributed by atoms with E-state index < -0.39 is 0 Å². The largest absolute Gasteiger partial charge is 0.494 e. The molecule has 9 heavy (non-hydrogen) atoms. The molecule has 1 heterocycles. The third-order valence-electron chi connectivity index (χ3n) is 0.828. The van der Waals surface area contributed by atoms with E-state index >= 15 is 0 Å². The minimum atomic E-state index is -0.339. The van der Waals surface area contributed by atoms with Crippen molar-refractivity contribution in [1.82, 2.24) is 16.0 Å². The molecule has 0 atom stereocenters. The van der Waals surface area contributed by atoms with Crippen molar-refractivity contribution in [2.75, 3.05) is 7.05 Å². The zero-order chi connectivity index (χ0) is 6.85. The number of hydrogen-bond acceptors (Lipinski definition) is 4. The summed E-state index contributed by atoms with van der Waals surface area (Å²) in [7, 11) is 1.57. The molecule has 0 aromatic heterocycles. The van der Waals surface area contributed by atoms with E-state index in [1.807, 2.05) is 0 Å². The molecule has 0 unspecified atom stereocenters. The molecule has 5 nitrogen and oxygen atoms in total. The Hall–Kier alpha value is -1.23. The van der Waals surface area contributed by atoms with Gasteiger partial charge in [-0.15, -0.1) is 5.12 Å². The lowest BCUT2D eigenvalue weighted by molar-refractivity contribution is -0.123. The van der Waals surface area contributed by atoms with E-state index in [0.29, 0.717) is 0 Å². The van der Waals surface area contributed by atoms with Gasteiger partial charge in [0.2, 0.25) is 5.88 Å². The van der Waals surface area contributed by atoms with Crippen LogP contribution in [0.15, 0.2) is 12.0 Å². The van der Waals surface area contributed by atoms with Gasteiger partial charge in [0.1, 0.15) is 0 Å². The molecule has 1 aliphatic rings. The lowest BCUT2D eigenvalue weighted by atomic mass is 10.5. The summed E-state index contributed by atoms with van der Waals surface area (Å²) >= 11 is 0. The van der Waals surface area contributed by atoms with Gasteiger partial charge in [-0.05, 0) is 0 Å². The first-order valence-electron chi connectivity index (χ1n) is 2.40. The van der Waals surface area contributed by atoms with Gasteiger partial charge in [0.15, 0.2) is 0 Å². The lowest BCUT2D eigenvalue weighted by Crippen LogP contribution is -2.50. The van der Waals surface area contributed by atoms with Crippen LogP contribution in [0.5, 0.6) is 0 Å². The molecule has 0 aromatic rings. The maximum atomic E-state index is 10.5. The fourth-order valence-corrected chi connectivity index (χ4v) is 0.554. The predicted molar refractivity (Wildman–Crippen MR) is 29.8 cm³/mol. The Morgan fingerprint density at radius 3 is 2.78 bits per heavy atom. The van der Waals surface area contributed by atoms with Crippen molar-refractivity contribution >= 4 is 5.91 Å². The number of aliphatic hydroxyl groups excluding tert-OH is 1. The fourth-order valence-electron chi connectivity index (χ4n) is 0.554. The Morgan fingerprint density at radius 2 is 2.33 bits per heavy atom. The van der Waals surface area contributed by atoms with Gasteiger partial charge >= 0.3 is 0 Å². The summed E-state index contributed by atoms with van der Waals surface area (Å²) in [5, 5.41) is 9.96. The smallest absolute Gasteiger partial charge is 0.265 e. The van der Waals surface area contributed by atoms with E-state index in [9.17, 15) is 4.79 Å². The van der Waals surface area contributed by atoms with Crippen molar-refractivity contribution in [2.45, 2.75) is 0 Å². The van der Waals surface area contributed by atoms with Crippen LogP contribution in [-0.4, -0.2) is 23.2 Å². The minimum Gasteiger partial charge on any atom is -0.494 e. The standard InChI is InChI=1S/C4H7N3O2/c1-7-5-3(8)2-4(9)6-7/h2,5,8H,1H3,(H,6,9). The molecule has 0 bridgehead atoms. The molecule has 0 spiro atoms. The van der Waals surface area contributed by atoms with Crippen molar-refractivity contribution in [1.29, 1.82) is 0 Å². The molecular weight excluding hydrogens is 122 g/mol. The Labute approximate surface area is 51.9 Å². The summed E-state index contributed by atoms with van der Waals surface area (Å²) in [6.45, 7) is 0. The summed E-state index contributed by atoms with van der Waals surface area (Å²) in [6.07, 6.45) is 1.06. The maximum absolute atomic E-state index is 10.5. The van der Waals surface area contributed by atoms with E-state index in [1.54, 1.807) is 7.05 Å². The first kappa shape index (κ1) is 5.90. The number of hydrogen-bond donors (Lipinski definition) is 3. The van der Waals surface area contributed by atoms with E-state index in [-0.39, 0.29) is 11.8 Å². The third-order valence-corrected chi connectivity index (χ3v) is 0.828. The summed E-state index contributed by atoms with van der Waals surface area (Å²) in [4.78, 5) is 10.5. The van der Waals surface area contributed by atoms with Crippen LogP contribution in [0.3, 0.4) is 0 Å². The SMILES string of the molecule is CN1NC(=O)C=C(O)N1. The Kier molecular flexibility index (Phi) is 1.27. The number of hydrazine groups is 2. The molecule has 0 saturated heterocycles. The van der Waals surface area contributed by atoms with Gasteiger partial charge in [-0.3, -0.25) is 15.6 Å². The van der Waals surface area contributed by atoms with Crippen LogP contribution in [0.4, 0.5) is 0 Å². The molecule has 5 heteroatoms.